The monoisotopic (exact) mass is 556 g/mol. The first kappa shape index (κ1) is 28.8. The van der Waals surface area contributed by atoms with Crippen molar-refractivity contribution >= 4 is 33.4 Å². The molecule has 0 atom stereocenters. The standard InChI is InChI=1S/C26H22F6N2O3S/c1-17(2)19-13-11-18(12-14-19)15-23(24(35)33-21-8-6-7-20(16-21)25(27,28)29)38(36,37)34(26(30,31)32)22-9-4-3-5-10-22/h3-17H,1-2H3,(H,33,35). The molecular weight excluding hydrogens is 534 g/mol. The quantitative estimate of drug-likeness (QED) is 0.191. The Hall–Kier alpha value is -3.80. The molecular formula is C26H22F6N2O3S. The molecule has 0 aromatic heterocycles. The van der Waals surface area contributed by atoms with E-state index >= 15 is 0 Å². The number of alkyl halides is 6. The van der Waals surface area contributed by atoms with Crippen LogP contribution in [-0.4, -0.2) is 20.6 Å². The van der Waals surface area contributed by atoms with Gasteiger partial charge < -0.3 is 5.32 Å². The molecule has 1 amide bonds. The second-order valence-corrected chi connectivity index (χ2v) is 10.2. The Morgan fingerprint density at radius 1 is 0.868 bits per heavy atom. The number of benzene rings is 3. The first-order chi connectivity index (χ1) is 17.6. The van der Waals surface area contributed by atoms with Gasteiger partial charge in [-0.1, -0.05) is 62.4 Å². The van der Waals surface area contributed by atoms with Gasteiger partial charge in [0.2, 0.25) is 0 Å². The number of rotatable bonds is 7. The van der Waals surface area contributed by atoms with E-state index < -0.39 is 54.6 Å². The fourth-order valence-corrected chi connectivity index (χ4v) is 4.87. The number of halogens is 6. The van der Waals surface area contributed by atoms with Crippen LogP contribution in [0, 0.1) is 0 Å². The molecule has 0 saturated carbocycles. The van der Waals surface area contributed by atoms with Crippen LogP contribution in [0.4, 0.5) is 37.7 Å². The Kier molecular flexibility index (Phi) is 8.25. The number of carbonyl (C=O) groups is 1. The molecule has 3 aromatic carbocycles. The molecule has 0 heterocycles. The van der Waals surface area contributed by atoms with Gasteiger partial charge in [0, 0.05) is 5.69 Å². The summed E-state index contributed by atoms with van der Waals surface area (Å²) >= 11 is 0. The number of anilines is 2. The zero-order valence-corrected chi connectivity index (χ0v) is 20.8. The maximum atomic E-state index is 14.1. The van der Waals surface area contributed by atoms with Crippen molar-refractivity contribution < 1.29 is 39.6 Å². The number of hydrogen-bond acceptors (Lipinski definition) is 3. The predicted molar refractivity (Wildman–Crippen MR) is 132 cm³/mol. The Morgan fingerprint density at radius 3 is 2.00 bits per heavy atom. The number of para-hydroxylation sites is 1. The highest BCUT2D eigenvalue weighted by molar-refractivity contribution is 7.97. The van der Waals surface area contributed by atoms with E-state index in [2.05, 4.69) is 0 Å². The summed E-state index contributed by atoms with van der Waals surface area (Å²) in [5.41, 5.74) is -1.45. The van der Waals surface area contributed by atoms with Crippen LogP contribution in [0.5, 0.6) is 0 Å². The zero-order valence-electron chi connectivity index (χ0n) is 20.0. The second-order valence-electron chi connectivity index (χ2n) is 8.44. The zero-order chi connectivity index (χ0) is 28.3. The van der Waals surface area contributed by atoms with Crippen LogP contribution < -0.4 is 9.62 Å². The van der Waals surface area contributed by atoms with Gasteiger partial charge in [-0.2, -0.15) is 17.5 Å². The van der Waals surface area contributed by atoms with Crippen molar-refractivity contribution in [3.8, 4) is 0 Å². The lowest BCUT2D eigenvalue weighted by Crippen LogP contribution is -2.45. The molecule has 5 nitrogen and oxygen atoms in total. The third-order valence-corrected chi connectivity index (χ3v) is 7.07. The van der Waals surface area contributed by atoms with Gasteiger partial charge in [0.05, 0.1) is 11.3 Å². The summed E-state index contributed by atoms with van der Waals surface area (Å²) in [6.45, 7) is 3.79. The molecule has 0 aliphatic rings. The van der Waals surface area contributed by atoms with Gasteiger partial charge in [-0.05, 0) is 53.5 Å². The van der Waals surface area contributed by atoms with Crippen molar-refractivity contribution in [1.82, 2.24) is 0 Å². The van der Waals surface area contributed by atoms with Crippen LogP contribution in [0.25, 0.3) is 6.08 Å². The van der Waals surface area contributed by atoms with Gasteiger partial charge in [0.15, 0.2) is 4.91 Å². The highest BCUT2D eigenvalue weighted by atomic mass is 32.2. The molecule has 3 aromatic rings. The maximum absolute atomic E-state index is 14.1. The Morgan fingerprint density at radius 2 is 1.47 bits per heavy atom. The lowest BCUT2D eigenvalue weighted by Gasteiger charge is -2.27. The minimum absolute atomic E-state index is 0.0855. The van der Waals surface area contributed by atoms with Crippen molar-refractivity contribution in [2.45, 2.75) is 32.2 Å². The Bertz CT molecular complexity index is 1420. The molecule has 0 aliphatic carbocycles. The minimum atomic E-state index is -5.62. The fraction of sp³-hybridized carbons (Fsp3) is 0.192. The summed E-state index contributed by atoms with van der Waals surface area (Å²) in [6.07, 6.45) is -9.51. The van der Waals surface area contributed by atoms with Gasteiger partial charge in [0.1, 0.15) is 0 Å². The van der Waals surface area contributed by atoms with E-state index in [1.807, 2.05) is 19.2 Å². The van der Waals surface area contributed by atoms with Gasteiger partial charge in [0.25, 0.3) is 15.9 Å². The van der Waals surface area contributed by atoms with Crippen molar-refractivity contribution in [3.05, 3.63) is 100 Å². The summed E-state index contributed by atoms with van der Waals surface area (Å²) in [5.74, 6) is -1.46. The first-order valence-electron chi connectivity index (χ1n) is 11.1. The van der Waals surface area contributed by atoms with E-state index in [0.717, 1.165) is 42.0 Å². The molecule has 0 unspecified atom stereocenters. The number of nitrogens with one attached hydrogen (secondary N) is 1. The molecule has 38 heavy (non-hydrogen) atoms. The number of sulfonamides is 1. The van der Waals surface area contributed by atoms with Gasteiger partial charge in [-0.3, -0.25) is 4.79 Å². The number of amides is 1. The summed E-state index contributed by atoms with van der Waals surface area (Å²) in [6, 6.07) is 14.9. The van der Waals surface area contributed by atoms with Crippen LogP contribution in [-0.2, 0) is 21.0 Å². The minimum Gasteiger partial charge on any atom is -0.321 e. The SMILES string of the molecule is CC(C)c1ccc(C=C(C(=O)Nc2cccc(C(F)(F)F)c2)S(=O)(=O)N(c2ccccc2)C(F)(F)F)cc1. The third kappa shape index (κ3) is 6.74. The largest absolute Gasteiger partial charge is 0.498 e. The highest BCUT2D eigenvalue weighted by Gasteiger charge is 2.48. The topological polar surface area (TPSA) is 66.5 Å². The lowest BCUT2D eigenvalue weighted by molar-refractivity contribution is -0.137. The Balaban J connectivity index is 2.15. The highest BCUT2D eigenvalue weighted by Crippen LogP contribution is 2.36. The van der Waals surface area contributed by atoms with Gasteiger partial charge in [-0.15, -0.1) is 13.2 Å². The number of hydrogen-bond donors (Lipinski definition) is 1. The van der Waals surface area contributed by atoms with E-state index in [1.165, 1.54) is 30.3 Å². The van der Waals surface area contributed by atoms with Crippen LogP contribution in [0.1, 0.15) is 36.5 Å². The molecule has 0 radical (unpaired) electrons. The summed E-state index contributed by atoms with van der Waals surface area (Å²) in [5, 5.41) is 1.99. The smallest absolute Gasteiger partial charge is 0.321 e. The van der Waals surface area contributed by atoms with Crippen molar-refractivity contribution in [3.63, 3.8) is 0 Å². The molecule has 12 heteroatoms. The first-order valence-corrected chi connectivity index (χ1v) is 12.5. The molecule has 3 rings (SSSR count). The van der Waals surface area contributed by atoms with Crippen LogP contribution in [0.15, 0.2) is 83.8 Å². The molecule has 202 valence electrons. The van der Waals surface area contributed by atoms with E-state index in [1.54, 1.807) is 12.1 Å². The average molecular weight is 557 g/mol. The molecule has 0 fully saturated rings. The maximum Gasteiger partial charge on any atom is 0.498 e. The van der Waals surface area contributed by atoms with Crippen LogP contribution >= 0.6 is 0 Å². The van der Waals surface area contributed by atoms with Crippen LogP contribution in [0.2, 0.25) is 0 Å². The summed E-state index contributed by atoms with van der Waals surface area (Å²) in [7, 11) is -5.62. The predicted octanol–water partition coefficient (Wildman–Crippen LogP) is 7.16. The average Bonchev–Trinajstić information content (AvgIpc) is 2.82. The van der Waals surface area contributed by atoms with Crippen molar-refractivity contribution in [1.29, 1.82) is 0 Å². The van der Waals surface area contributed by atoms with Gasteiger partial charge >= 0.3 is 12.5 Å². The molecule has 0 bridgehead atoms. The Labute approximate surface area is 215 Å². The van der Waals surface area contributed by atoms with E-state index in [9.17, 15) is 39.6 Å². The molecule has 1 N–H and O–H groups in total. The third-order valence-electron chi connectivity index (χ3n) is 5.31. The number of carbonyl (C=O) groups excluding carboxylic acids is 1. The van der Waals surface area contributed by atoms with Crippen molar-refractivity contribution in [2.75, 3.05) is 9.62 Å². The second kappa shape index (κ2) is 10.9. The fourth-order valence-electron chi connectivity index (χ4n) is 3.43. The number of nitrogens with zero attached hydrogens (tertiary/aromatic N) is 1. The van der Waals surface area contributed by atoms with Gasteiger partial charge in [-0.25, -0.2) is 8.42 Å². The van der Waals surface area contributed by atoms with Crippen molar-refractivity contribution in [2.24, 2.45) is 0 Å². The van der Waals surface area contributed by atoms with E-state index in [4.69, 9.17) is 0 Å². The lowest BCUT2D eigenvalue weighted by atomic mass is 10.0. The van der Waals surface area contributed by atoms with E-state index in [0.29, 0.717) is 6.07 Å². The molecule has 0 aliphatic heterocycles. The van der Waals surface area contributed by atoms with E-state index in [-0.39, 0.29) is 11.5 Å². The summed E-state index contributed by atoms with van der Waals surface area (Å²) < 4.78 is 108. The normalized spacial score (nSPS) is 12.9. The summed E-state index contributed by atoms with van der Waals surface area (Å²) in [4.78, 5) is 11.8. The van der Waals surface area contributed by atoms with Crippen LogP contribution in [0.3, 0.4) is 0 Å². The molecule has 0 spiro atoms. The molecule has 0 saturated heterocycles.